The van der Waals surface area contributed by atoms with Gasteiger partial charge in [0.2, 0.25) is 0 Å². The van der Waals surface area contributed by atoms with E-state index >= 15 is 0 Å². The second kappa shape index (κ2) is 6.33. The first-order valence-electron chi connectivity index (χ1n) is 6.02. The van der Waals surface area contributed by atoms with Crippen LogP contribution in [-0.2, 0) is 14.3 Å². The first-order valence-corrected chi connectivity index (χ1v) is 7.10. The van der Waals surface area contributed by atoms with Crippen molar-refractivity contribution < 1.29 is 14.3 Å². The number of morpholine rings is 1. The van der Waals surface area contributed by atoms with Gasteiger partial charge in [-0.15, -0.1) is 0 Å². The van der Waals surface area contributed by atoms with Crippen molar-refractivity contribution in [1.82, 2.24) is 4.90 Å². The number of benzene rings is 1. The third kappa shape index (κ3) is 3.66. The maximum absolute atomic E-state index is 11.9. The summed E-state index contributed by atoms with van der Waals surface area (Å²) >= 11 is 2.20. The lowest BCUT2D eigenvalue weighted by Crippen LogP contribution is -2.45. The second-order valence-corrected chi connectivity index (χ2v) is 5.56. The molecule has 0 radical (unpaired) electrons. The normalized spacial score (nSPS) is 15.2. The van der Waals surface area contributed by atoms with E-state index < -0.39 is 11.8 Å². The molecule has 1 aliphatic rings. The summed E-state index contributed by atoms with van der Waals surface area (Å²) in [6.07, 6.45) is 0. The Kier molecular flexibility index (Phi) is 4.76. The number of anilines is 1. The summed E-state index contributed by atoms with van der Waals surface area (Å²) in [5.74, 6) is -1.09. The summed E-state index contributed by atoms with van der Waals surface area (Å²) in [7, 11) is 0. The number of halogens is 1. The molecule has 2 amide bonds. The molecule has 6 heteroatoms. The van der Waals surface area contributed by atoms with E-state index in [0.29, 0.717) is 32.0 Å². The van der Waals surface area contributed by atoms with Crippen molar-refractivity contribution in [1.29, 1.82) is 0 Å². The fourth-order valence-electron chi connectivity index (χ4n) is 1.85. The van der Waals surface area contributed by atoms with Gasteiger partial charge in [0.15, 0.2) is 0 Å². The van der Waals surface area contributed by atoms with Crippen molar-refractivity contribution in [3.8, 4) is 0 Å². The number of aryl methyl sites for hydroxylation is 1. The summed E-state index contributed by atoms with van der Waals surface area (Å²) in [4.78, 5) is 25.4. The van der Waals surface area contributed by atoms with Crippen LogP contribution in [0.15, 0.2) is 18.2 Å². The minimum Gasteiger partial charge on any atom is -0.378 e. The predicted molar refractivity (Wildman–Crippen MR) is 79.9 cm³/mol. The Bertz CT molecular complexity index is 499. The molecule has 0 aliphatic carbocycles. The number of hydrogen-bond donors (Lipinski definition) is 1. The molecule has 19 heavy (non-hydrogen) atoms. The number of carbonyl (C=O) groups excluding carboxylic acids is 2. The highest BCUT2D eigenvalue weighted by molar-refractivity contribution is 14.1. The Labute approximate surface area is 125 Å². The molecule has 1 saturated heterocycles. The summed E-state index contributed by atoms with van der Waals surface area (Å²) in [5.41, 5.74) is 1.61. The molecule has 0 saturated carbocycles. The Balaban J connectivity index is 2.01. The number of nitrogens with zero attached hydrogens (tertiary/aromatic N) is 1. The number of hydrogen-bond acceptors (Lipinski definition) is 3. The lowest BCUT2D eigenvalue weighted by molar-refractivity contribution is -0.145. The molecule has 2 rings (SSSR count). The van der Waals surface area contributed by atoms with Gasteiger partial charge in [-0.2, -0.15) is 0 Å². The smallest absolute Gasteiger partial charge is 0.313 e. The number of nitrogens with one attached hydrogen (secondary N) is 1. The van der Waals surface area contributed by atoms with E-state index in [1.54, 1.807) is 0 Å². The van der Waals surface area contributed by atoms with Crippen LogP contribution in [0, 0.1) is 10.5 Å². The molecule has 1 aromatic rings. The van der Waals surface area contributed by atoms with Crippen LogP contribution >= 0.6 is 22.6 Å². The molecule has 0 atom stereocenters. The highest BCUT2D eigenvalue weighted by Crippen LogP contribution is 2.17. The van der Waals surface area contributed by atoms with Crippen LogP contribution in [-0.4, -0.2) is 43.0 Å². The van der Waals surface area contributed by atoms with Crippen LogP contribution in [0.4, 0.5) is 5.69 Å². The van der Waals surface area contributed by atoms with Gasteiger partial charge in [-0.05, 0) is 53.3 Å². The SMILES string of the molecule is Cc1cc(I)ccc1NC(=O)C(=O)N1CCOCC1. The van der Waals surface area contributed by atoms with E-state index in [-0.39, 0.29) is 0 Å². The molecule has 1 aromatic carbocycles. The minimum atomic E-state index is -0.591. The average molecular weight is 374 g/mol. The summed E-state index contributed by atoms with van der Waals surface area (Å²) in [5, 5.41) is 2.66. The largest absolute Gasteiger partial charge is 0.378 e. The molecule has 1 aliphatic heterocycles. The zero-order valence-electron chi connectivity index (χ0n) is 10.6. The van der Waals surface area contributed by atoms with Gasteiger partial charge >= 0.3 is 11.8 Å². The maximum Gasteiger partial charge on any atom is 0.313 e. The molecule has 5 nitrogen and oxygen atoms in total. The van der Waals surface area contributed by atoms with Gasteiger partial charge < -0.3 is 15.0 Å². The van der Waals surface area contributed by atoms with Gasteiger partial charge in [-0.3, -0.25) is 9.59 Å². The average Bonchev–Trinajstić information content (AvgIpc) is 2.42. The third-order valence-electron chi connectivity index (χ3n) is 2.93. The molecule has 102 valence electrons. The monoisotopic (exact) mass is 374 g/mol. The van der Waals surface area contributed by atoms with Gasteiger partial charge in [0.1, 0.15) is 0 Å². The fraction of sp³-hybridized carbons (Fsp3) is 0.385. The quantitative estimate of drug-likeness (QED) is 0.597. The van der Waals surface area contributed by atoms with Crippen LogP contribution < -0.4 is 5.32 Å². The number of ether oxygens (including phenoxy) is 1. The van der Waals surface area contributed by atoms with Gasteiger partial charge in [0, 0.05) is 22.3 Å². The lowest BCUT2D eigenvalue weighted by Gasteiger charge is -2.26. The molecule has 1 heterocycles. The van der Waals surface area contributed by atoms with Gasteiger partial charge in [0.05, 0.1) is 13.2 Å². The maximum atomic E-state index is 11.9. The van der Waals surface area contributed by atoms with Crippen molar-refractivity contribution in [2.75, 3.05) is 31.6 Å². The number of carbonyl (C=O) groups is 2. The first kappa shape index (κ1) is 14.3. The van der Waals surface area contributed by atoms with Crippen LogP contribution in [0.5, 0.6) is 0 Å². The Morgan fingerprint density at radius 1 is 1.32 bits per heavy atom. The number of amides is 2. The van der Waals surface area contributed by atoms with Crippen LogP contribution in [0.25, 0.3) is 0 Å². The highest BCUT2D eigenvalue weighted by atomic mass is 127. The summed E-state index contributed by atoms with van der Waals surface area (Å²) in [6, 6.07) is 5.65. The molecule has 0 spiro atoms. The lowest BCUT2D eigenvalue weighted by atomic mass is 10.2. The standard InChI is InChI=1S/C13H15IN2O3/c1-9-8-10(14)2-3-11(9)15-12(17)13(18)16-4-6-19-7-5-16/h2-3,8H,4-7H2,1H3,(H,15,17). The van der Waals surface area contributed by atoms with Crippen molar-refractivity contribution >= 4 is 40.1 Å². The Hall–Kier alpha value is -1.15. The summed E-state index contributed by atoms with van der Waals surface area (Å²) < 4.78 is 6.24. The molecular formula is C13H15IN2O3. The van der Waals surface area contributed by atoms with E-state index in [1.807, 2.05) is 25.1 Å². The van der Waals surface area contributed by atoms with E-state index in [9.17, 15) is 9.59 Å². The highest BCUT2D eigenvalue weighted by Gasteiger charge is 2.23. The topological polar surface area (TPSA) is 58.6 Å². The van der Waals surface area contributed by atoms with Crippen molar-refractivity contribution in [2.45, 2.75) is 6.92 Å². The zero-order valence-corrected chi connectivity index (χ0v) is 12.8. The number of rotatable bonds is 1. The van der Waals surface area contributed by atoms with Crippen molar-refractivity contribution in [2.24, 2.45) is 0 Å². The van der Waals surface area contributed by atoms with E-state index in [4.69, 9.17) is 4.74 Å². The van der Waals surface area contributed by atoms with Crippen LogP contribution in [0.2, 0.25) is 0 Å². The van der Waals surface area contributed by atoms with Gasteiger partial charge in [0.25, 0.3) is 0 Å². The minimum absolute atomic E-state index is 0.470. The third-order valence-corrected chi connectivity index (χ3v) is 3.60. The zero-order chi connectivity index (χ0) is 13.8. The molecular weight excluding hydrogens is 359 g/mol. The second-order valence-electron chi connectivity index (χ2n) is 4.32. The van der Waals surface area contributed by atoms with Crippen LogP contribution in [0.1, 0.15) is 5.56 Å². The van der Waals surface area contributed by atoms with Crippen molar-refractivity contribution in [3.63, 3.8) is 0 Å². The first-order chi connectivity index (χ1) is 9.08. The summed E-state index contributed by atoms with van der Waals surface area (Å²) in [6.45, 7) is 3.82. The van der Waals surface area contributed by atoms with Crippen molar-refractivity contribution in [3.05, 3.63) is 27.3 Å². The Morgan fingerprint density at radius 2 is 2.00 bits per heavy atom. The molecule has 0 aromatic heterocycles. The molecule has 1 N–H and O–H groups in total. The van der Waals surface area contributed by atoms with Gasteiger partial charge in [-0.25, -0.2) is 0 Å². The van der Waals surface area contributed by atoms with Crippen LogP contribution in [0.3, 0.4) is 0 Å². The van der Waals surface area contributed by atoms with E-state index in [0.717, 1.165) is 9.13 Å². The van der Waals surface area contributed by atoms with Gasteiger partial charge in [-0.1, -0.05) is 0 Å². The Morgan fingerprint density at radius 3 is 2.63 bits per heavy atom. The van der Waals surface area contributed by atoms with E-state index in [1.165, 1.54) is 4.90 Å². The van der Waals surface area contributed by atoms with E-state index in [2.05, 4.69) is 27.9 Å². The molecule has 0 unspecified atom stereocenters. The predicted octanol–water partition coefficient (Wildman–Crippen LogP) is 1.40. The molecule has 0 bridgehead atoms. The molecule has 1 fully saturated rings. The fourth-order valence-corrected chi connectivity index (χ4v) is 2.50.